The van der Waals surface area contributed by atoms with Crippen molar-refractivity contribution in [3.8, 4) is 0 Å². The number of aromatic nitrogens is 2. The summed E-state index contributed by atoms with van der Waals surface area (Å²) in [7, 11) is -2.89. The van der Waals surface area contributed by atoms with Crippen molar-refractivity contribution >= 4 is 15.9 Å². The van der Waals surface area contributed by atoms with Crippen molar-refractivity contribution in [2.24, 2.45) is 0 Å². The average molecular weight is 260 g/mol. The number of hydrogen-bond acceptors (Lipinski definition) is 7. The van der Waals surface area contributed by atoms with Gasteiger partial charge in [-0.2, -0.15) is 0 Å². The predicted octanol–water partition coefficient (Wildman–Crippen LogP) is -0.222. The number of hydrogen-bond donors (Lipinski definition) is 2. The van der Waals surface area contributed by atoms with E-state index in [9.17, 15) is 8.42 Å². The molecule has 17 heavy (non-hydrogen) atoms. The van der Waals surface area contributed by atoms with Gasteiger partial charge in [0, 0.05) is 6.04 Å². The summed E-state index contributed by atoms with van der Waals surface area (Å²) < 4.78 is 27.8. The van der Waals surface area contributed by atoms with Crippen LogP contribution in [0.3, 0.4) is 0 Å². The summed E-state index contributed by atoms with van der Waals surface area (Å²) in [6.07, 6.45) is 0.591. The molecule has 1 aliphatic heterocycles. The molecule has 2 rings (SSSR count). The second-order valence-corrected chi connectivity index (χ2v) is 6.25. The summed E-state index contributed by atoms with van der Waals surface area (Å²) in [5.41, 5.74) is 0. The van der Waals surface area contributed by atoms with Crippen LogP contribution in [0.2, 0.25) is 0 Å². The third-order valence-electron chi connectivity index (χ3n) is 2.55. The van der Waals surface area contributed by atoms with Gasteiger partial charge in [0.05, 0.1) is 18.1 Å². The molecule has 1 aromatic heterocycles. The minimum Gasteiger partial charge on any atom is -0.407 e. The van der Waals surface area contributed by atoms with Crippen LogP contribution in [-0.2, 0) is 16.4 Å². The van der Waals surface area contributed by atoms with E-state index in [2.05, 4.69) is 20.8 Å². The van der Waals surface area contributed by atoms with Crippen LogP contribution in [-0.4, -0.2) is 42.7 Å². The Labute approximate surface area is 99.9 Å². The van der Waals surface area contributed by atoms with Crippen molar-refractivity contribution in [2.45, 2.75) is 25.9 Å². The van der Waals surface area contributed by atoms with Gasteiger partial charge in [0.1, 0.15) is 0 Å². The molecule has 1 unspecified atom stereocenters. The van der Waals surface area contributed by atoms with Gasteiger partial charge in [-0.25, -0.2) is 8.42 Å². The van der Waals surface area contributed by atoms with E-state index < -0.39 is 9.84 Å². The van der Waals surface area contributed by atoms with Crippen LogP contribution in [0.25, 0.3) is 0 Å². The lowest BCUT2D eigenvalue weighted by Gasteiger charge is -2.06. The van der Waals surface area contributed by atoms with E-state index in [1.807, 2.05) is 6.92 Å². The van der Waals surface area contributed by atoms with Gasteiger partial charge in [0.15, 0.2) is 9.84 Å². The van der Waals surface area contributed by atoms with Gasteiger partial charge in [0.25, 0.3) is 0 Å². The third-order valence-corrected chi connectivity index (χ3v) is 4.32. The molecule has 2 heterocycles. The lowest BCUT2D eigenvalue weighted by atomic mass is 10.3. The average Bonchev–Trinajstić information content (AvgIpc) is 2.83. The summed E-state index contributed by atoms with van der Waals surface area (Å²) in [5.74, 6) is 0.858. The smallest absolute Gasteiger partial charge is 0.315 e. The van der Waals surface area contributed by atoms with E-state index in [1.165, 1.54) is 0 Å². The van der Waals surface area contributed by atoms with Gasteiger partial charge in [-0.05, 0) is 13.0 Å². The van der Waals surface area contributed by atoms with Crippen molar-refractivity contribution in [2.75, 3.05) is 23.4 Å². The Hall–Kier alpha value is -1.15. The molecule has 7 nitrogen and oxygen atoms in total. The Morgan fingerprint density at radius 1 is 1.47 bits per heavy atom. The van der Waals surface area contributed by atoms with E-state index in [4.69, 9.17) is 4.42 Å². The number of rotatable bonds is 5. The molecule has 1 aromatic rings. The molecule has 2 N–H and O–H groups in total. The quantitative estimate of drug-likeness (QED) is 0.755. The fraction of sp³-hybridized carbons (Fsp3) is 0.778. The molecule has 0 aromatic carbocycles. The first kappa shape index (κ1) is 12.3. The Bertz CT molecular complexity index is 470. The van der Waals surface area contributed by atoms with Gasteiger partial charge in [0.2, 0.25) is 5.89 Å². The maximum absolute atomic E-state index is 11.3. The van der Waals surface area contributed by atoms with E-state index >= 15 is 0 Å². The molecule has 0 radical (unpaired) electrons. The molecular weight excluding hydrogens is 244 g/mol. The highest BCUT2D eigenvalue weighted by atomic mass is 32.2. The standard InChI is InChI=1S/C9H16N4O3S/c1-2-10-5-8-12-13-9(16-8)11-7-3-4-17(14,15)6-7/h7,10H,2-6H2,1H3,(H,11,13). The molecule has 1 fully saturated rings. The molecule has 1 aliphatic rings. The lowest BCUT2D eigenvalue weighted by molar-refractivity contribution is 0.478. The third kappa shape index (κ3) is 3.40. The zero-order valence-electron chi connectivity index (χ0n) is 9.64. The lowest BCUT2D eigenvalue weighted by Crippen LogP contribution is -2.20. The van der Waals surface area contributed by atoms with Crippen molar-refractivity contribution < 1.29 is 12.8 Å². The van der Waals surface area contributed by atoms with E-state index in [0.717, 1.165) is 6.54 Å². The second-order valence-electron chi connectivity index (χ2n) is 4.03. The van der Waals surface area contributed by atoms with Gasteiger partial charge < -0.3 is 15.1 Å². The number of nitrogens with zero attached hydrogens (tertiary/aromatic N) is 2. The highest BCUT2D eigenvalue weighted by molar-refractivity contribution is 7.91. The largest absolute Gasteiger partial charge is 0.407 e. The van der Waals surface area contributed by atoms with Crippen LogP contribution in [0, 0.1) is 0 Å². The molecule has 0 amide bonds. The first-order chi connectivity index (χ1) is 8.09. The molecular formula is C9H16N4O3S. The van der Waals surface area contributed by atoms with Gasteiger partial charge >= 0.3 is 6.01 Å². The summed E-state index contributed by atoms with van der Waals surface area (Å²) in [6, 6.07) is 0.174. The molecule has 1 saturated heterocycles. The number of anilines is 1. The van der Waals surface area contributed by atoms with Crippen molar-refractivity contribution in [1.82, 2.24) is 15.5 Å². The highest BCUT2D eigenvalue weighted by Gasteiger charge is 2.28. The molecule has 0 aliphatic carbocycles. The van der Waals surface area contributed by atoms with Crippen LogP contribution >= 0.6 is 0 Å². The van der Waals surface area contributed by atoms with E-state index in [1.54, 1.807) is 0 Å². The van der Waals surface area contributed by atoms with Gasteiger partial charge in [-0.1, -0.05) is 12.0 Å². The fourth-order valence-corrected chi connectivity index (χ4v) is 3.37. The Balaban J connectivity index is 1.89. The first-order valence-electron chi connectivity index (χ1n) is 5.59. The molecule has 1 atom stereocenters. The van der Waals surface area contributed by atoms with Crippen molar-refractivity contribution in [3.63, 3.8) is 0 Å². The maximum Gasteiger partial charge on any atom is 0.315 e. The highest BCUT2D eigenvalue weighted by Crippen LogP contribution is 2.16. The van der Waals surface area contributed by atoms with Gasteiger partial charge in [-0.3, -0.25) is 0 Å². The first-order valence-corrected chi connectivity index (χ1v) is 7.41. The molecule has 96 valence electrons. The number of nitrogens with one attached hydrogen (secondary N) is 2. The van der Waals surface area contributed by atoms with Crippen LogP contribution in [0.5, 0.6) is 0 Å². The zero-order valence-corrected chi connectivity index (χ0v) is 10.5. The molecule has 0 spiro atoms. The molecule has 0 saturated carbocycles. The zero-order chi connectivity index (χ0) is 12.3. The van der Waals surface area contributed by atoms with Crippen molar-refractivity contribution in [1.29, 1.82) is 0 Å². The number of sulfone groups is 1. The van der Waals surface area contributed by atoms with Gasteiger partial charge in [-0.15, -0.1) is 5.10 Å². The minimum absolute atomic E-state index is 0.118. The Morgan fingerprint density at radius 3 is 2.94 bits per heavy atom. The van der Waals surface area contributed by atoms with Crippen LogP contribution in [0.4, 0.5) is 6.01 Å². The maximum atomic E-state index is 11.3. The summed E-state index contributed by atoms with van der Waals surface area (Å²) in [5, 5.41) is 13.7. The van der Waals surface area contributed by atoms with E-state index in [0.29, 0.717) is 24.9 Å². The SMILES string of the molecule is CCNCc1nnc(NC2CCS(=O)(=O)C2)o1. The fourth-order valence-electron chi connectivity index (χ4n) is 1.70. The van der Waals surface area contributed by atoms with Crippen LogP contribution in [0.15, 0.2) is 4.42 Å². The predicted molar refractivity (Wildman–Crippen MR) is 62.4 cm³/mol. The normalized spacial score (nSPS) is 22.8. The molecule has 0 bridgehead atoms. The van der Waals surface area contributed by atoms with E-state index in [-0.39, 0.29) is 17.5 Å². The van der Waals surface area contributed by atoms with Crippen LogP contribution < -0.4 is 10.6 Å². The molecule has 8 heteroatoms. The Kier molecular flexibility index (Phi) is 3.63. The van der Waals surface area contributed by atoms with Crippen LogP contribution in [0.1, 0.15) is 19.2 Å². The Morgan fingerprint density at radius 2 is 2.29 bits per heavy atom. The monoisotopic (exact) mass is 260 g/mol. The summed E-state index contributed by atoms with van der Waals surface area (Å²) in [6.45, 7) is 3.33. The second kappa shape index (κ2) is 5.01. The summed E-state index contributed by atoms with van der Waals surface area (Å²) in [4.78, 5) is 0. The topological polar surface area (TPSA) is 97.1 Å². The minimum atomic E-state index is -2.89. The summed E-state index contributed by atoms with van der Waals surface area (Å²) >= 11 is 0. The van der Waals surface area contributed by atoms with Crippen molar-refractivity contribution in [3.05, 3.63) is 5.89 Å².